The molecule has 1 aliphatic carbocycles. The molecule has 0 spiro atoms. The molecule has 1 aliphatic rings. The SMILES string of the molecule is O=C(O)c1c(N(C(=O)Cc2ccccc2)C(=O)Cc2ccccc2)sc2c1CCCCC2. The van der Waals surface area contributed by atoms with E-state index in [4.69, 9.17) is 0 Å². The Morgan fingerprint density at radius 1 is 0.781 bits per heavy atom. The fourth-order valence-corrected chi connectivity index (χ4v) is 5.59. The number of carbonyl (C=O) groups excluding carboxylic acids is 2. The van der Waals surface area contributed by atoms with Crippen LogP contribution in [0.3, 0.4) is 0 Å². The molecule has 1 aromatic heterocycles. The van der Waals surface area contributed by atoms with Crippen LogP contribution in [0, 0.1) is 0 Å². The topological polar surface area (TPSA) is 74.7 Å². The Balaban J connectivity index is 1.76. The van der Waals surface area contributed by atoms with Gasteiger partial charge in [-0.25, -0.2) is 9.69 Å². The molecule has 0 saturated heterocycles. The fraction of sp³-hybridized carbons (Fsp3) is 0.269. The van der Waals surface area contributed by atoms with Gasteiger partial charge in [-0.2, -0.15) is 0 Å². The lowest BCUT2D eigenvalue weighted by molar-refractivity contribution is -0.125. The van der Waals surface area contributed by atoms with Crippen molar-refractivity contribution in [1.29, 1.82) is 0 Å². The number of imide groups is 1. The molecule has 1 N–H and O–H groups in total. The molecule has 4 rings (SSSR count). The zero-order valence-electron chi connectivity index (χ0n) is 17.8. The number of rotatable bonds is 6. The first-order valence-electron chi connectivity index (χ1n) is 10.9. The van der Waals surface area contributed by atoms with Crippen LogP contribution in [-0.2, 0) is 35.3 Å². The van der Waals surface area contributed by atoms with Gasteiger partial charge in [-0.15, -0.1) is 11.3 Å². The molecule has 0 saturated carbocycles. The largest absolute Gasteiger partial charge is 0.478 e. The minimum Gasteiger partial charge on any atom is -0.478 e. The molecule has 2 amide bonds. The van der Waals surface area contributed by atoms with E-state index in [1.807, 2.05) is 60.7 Å². The molecule has 5 nitrogen and oxygen atoms in total. The molecular weight excluding hydrogens is 422 g/mol. The van der Waals surface area contributed by atoms with Gasteiger partial charge < -0.3 is 5.11 Å². The molecule has 0 bridgehead atoms. The Hall–Kier alpha value is -3.25. The number of aryl methyl sites for hydroxylation is 1. The third kappa shape index (κ3) is 4.81. The maximum atomic E-state index is 13.4. The molecule has 0 fully saturated rings. The minimum atomic E-state index is -1.08. The first-order chi connectivity index (χ1) is 15.5. The number of amides is 2. The molecule has 3 aromatic rings. The van der Waals surface area contributed by atoms with Gasteiger partial charge in [0.05, 0.1) is 18.4 Å². The van der Waals surface area contributed by atoms with E-state index in [1.54, 1.807) is 0 Å². The smallest absolute Gasteiger partial charge is 0.339 e. The van der Waals surface area contributed by atoms with E-state index in [1.165, 1.54) is 11.3 Å². The number of carbonyl (C=O) groups is 3. The summed E-state index contributed by atoms with van der Waals surface area (Å²) >= 11 is 1.29. The summed E-state index contributed by atoms with van der Waals surface area (Å²) in [4.78, 5) is 41.2. The van der Waals surface area contributed by atoms with Gasteiger partial charge in [-0.1, -0.05) is 67.1 Å². The van der Waals surface area contributed by atoms with Crippen molar-refractivity contribution in [2.24, 2.45) is 0 Å². The number of aromatic carboxylic acids is 1. The first kappa shape index (κ1) is 22.0. The van der Waals surface area contributed by atoms with Gasteiger partial charge in [0.25, 0.3) is 0 Å². The summed E-state index contributed by atoms with van der Waals surface area (Å²) < 4.78 is 0. The molecule has 0 radical (unpaired) electrons. The van der Waals surface area contributed by atoms with Gasteiger partial charge in [-0.05, 0) is 42.4 Å². The predicted molar refractivity (Wildman–Crippen MR) is 125 cm³/mol. The Kier molecular flexibility index (Phi) is 6.81. The zero-order chi connectivity index (χ0) is 22.5. The number of nitrogens with zero attached hydrogens (tertiary/aromatic N) is 1. The van der Waals surface area contributed by atoms with Crippen LogP contribution < -0.4 is 4.90 Å². The van der Waals surface area contributed by atoms with Crippen molar-refractivity contribution in [2.45, 2.75) is 44.9 Å². The van der Waals surface area contributed by atoms with Crippen LogP contribution in [0.4, 0.5) is 5.00 Å². The van der Waals surface area contributed by atoms with Gasteiger partial charge >= 0.3 is 5.97 Å². The van der Waals surface area contributed by atoms with Gasteiger partial charge in [0.1, 0.15) is 5.00 Å². The summed E-state index contributed by atoms with van der Waals surface area (Å²) in [5.41, 5.74) is 2.48. The van der Waals surface area contributed by atoms with Crippen molar-refractivity contribution < 1.29 is 19.5 Å². The van der Waals surface area contributed by atoms with Crippen LogP contribution in [0.1, 0.15) is 51.2 Å². The van der Waals surface area contributed by atoms with Crippen LogP contribution in [0.25, 0.3) is 0 Å². The van der Waals surface area contributed by atoms with Crippen molar-refractivity contribution in [3.8, 4) is 0 Å². The zero-order valence-corrected chi connectivity index (χ0v) is 18.6. The lowest BCUT2D eigenvalue weighted by Gasteiger charge is -2.21. The highest BCUT2D eigenvalue weighted by Crippen LogP contribution is 2.40. The van der Waals surface area contributed by atoms with Crippen LogP contribution in [0.2, 0.25) is 0 Å². The summed E-state index contributed by atoms with van der Waals surface area (Å²) in [6, 6.07) is 18.4. The average molecular weight is 448 g/mol. The second-order valence-electron chi connectivity index (χ2n) is 8.00. The second kappa shape index (κ2) is 9.92. The van der Waals surface area contributed by atoms with E-state index in [0.717, 1.165) is 52.2 Å². The third-order valence-electron chi connectivity index (χ3n) is 5.71. The van der Waals surface area contributed by atoms with Gasteiger partial charge in [0, 0.05) is 4.88 Å². The summed E-state index contributed by atoms with van der Waals surface area (Å²) in [6.45, 7) is 0. The summed E-state index contributed by atoms with van der Waals surface area (Å²) in [7, 11) is 0. The quantitative estimate of drug-likeness (QED) is 0.536. The van der Waals surface area contributed by atoms with Crippen molar-refractivity contribution in [2.75, 3.05) is 4.90 Å². The summed E-state index contributed by atoms with van der Waals surface area (Å²) in [5, 5.41) is 10.3. The fourth-order valence-electron chi connectivity index (χ4n) is 4.17. The van der Waals surface area contributed by atoms with E-state index in [0.29, 0.717) is 6.42 Å². The molecule has 0 unspecified atom stereocenters. The van der Waals surface area contributed by atoms with E-state index in [-0.39, 0.29) is 23.4 Å². The normalized spacial score (nSPS) is 13.1. The lowest BCUT2D eigenvalue weighted by atomic mass is 10.0. The maximum absolute atomic E-state index is 13.4. The molecule has 1 heterocycles. The highest BCUT2D eigenvalue weighted by atomic mass is 32.1. The highest BCUT2D eigenvalue weighted by Gasteiger charge is 2.33. The molecule has 2 aromatic carbocycles. The van der Waals surface area contributed by atoms with E-state index in [2.05, 4.69) is 0 Å². The molecule has 0 aliphatic heterocycles. The number of fused-ring (bicyclic) bond motifs is 1. The monoisotopic (exact) mass is 447 g/mol. The van der Waals surface area contributed by atoms with Crippen molar-refractivity contribution in [3.05, 3.63) is 87.8 Å². The number of benzene rings is 2. The predicted octanol–water partition coefficient (Wildman–Crippen LogP) is 5.06. The molecular formula is C26H25NO4S. The summed E-state index contributed by atoms with van der Waals surface area (Å²) in [6.07, 6.45) is 4.47. The Bertz CT molecular complexity index is 1070. The number of thiophene rings is 1. The standard InChI is InChI=1S/C26H25NO4S/c28-22(16-18-10-4-1-5-11-18)27(23(29)17-19-12-6-2-7-13-19)25-24(26(30)31)20-14-8-3-9-15-21(20)32-25/h1-2,4-7,10-13H,3,8-9,14-17H2,(H,30,31). The van der Waals surface area contributed by atoms with Crippen molar-refractivity contribution >= 4 is 34.1 Å². The van der Waals surface area contributed by atoms with Crippen LogP contribution >= 0.6 is 11.3 Å². The van der Waals surface area contributed by atoms with Gasteiger partial charge in [0.15, 0.2) is 0 Å². The Morgan fingerprint density at radius 3 is 1.84 bits per heavy atom. The van der Waals surface area contributed by atoms with E-state index < -0.39 is 17.8 Å². The number of hydrogen-bond donors (Lipinski definition) is 1. The van der Waals surface area contributed by atoms with Crippen molar-refractivity contribution in [1.82, 2.24) is 0 Å². The molecule has 164 valence electrons. The number of carboxylic acid groups (broad SMARTS) is 1. The second-order valence-corrected chi connectivity index (χ2v) is 9.08. The van der Waals surface area contributed by atoms with Gasteiger partial charge in [0.2, 0.25) is 11.8 Å². The highest BCUT2D eigenvalue weighted by molar-refractivity contribution is 7.17. The Labute approximate surface area is 191 Å². The number of hydrogen-bond acceptors (Lipinski definition) is 4. The Morgan fingerprint density at radius 2 is 1.31 bits per heavy atom. The number of anilines is 1. The van der Waals surface area contributed by atoms with Crippen LogP contribution in [0.15, 0.2) is 60.7 Å². The van der Waals surface area contributed by atoms with Crippen molar-refractivity contribution in [3.63, 3.8) is 0 Å². The molecule has 6 heteroatoms. The molecule has 32 heavy (non-hydrogen) atoms. The van der Waals surface area contributed by atoms with Crippen LogP contribution in [0.5, 0.6) is 0 Å². The molecule has 0 atom stereocenters. The lowest BCUT2D eigenvalue weighted by Crippen LogP contribution is -2.39. The third-order valence-corrected chi connectivity index (χ3v) is 6.99. The van der Waals surface area contributed by atoms with E-state index >= 15 is 0 Å². The van der Waals surface area contributed by atoms with Gasteiger partial charge in [-0.3, -0.25) is 9.59 Å². The average Bonchev–Trinajstić information content (AvgIpc) is 2.97. The van der Waals surface area contributed by atoms with Crippen LogP contribution in [-0.4, -0.2) is 22.9 Å². The maximum Gasteiger partial charge on any atom is 0.339 e. The van der Waals surface area contributed by atoms with E-state index in [9.17, 15) is 19.5 Å². The first-order valence-corrected chi connectivity index (χ1v) is 11.7. The summed E-state index contributed by atoms with van der Waals surface area (Å²) in [5.74, 6) is -1.89. The number of carboxylic acids is 1. The minimum absolute atomic E-state index is 0.0307.